The lowest BCUT2D eigenvalue weighted by Crippen LogP contribution is -2.33. The third kappa shape index (κ3) is 4.42. The highest BCUT2D eigenvalue weighted by atomic mass is 16.3. The van der Waals surface area contributed by atoms with E-state index in [0.717, 1.165) is 13.1 Å². The van der Waals surface area contributed by atoms with Gasteiger partial charge in [0.15, 0.2) is 0 Å². The first-order valence-corrected chi connectivity index (χ1v) is 7.02. The van der Waals surface area contributed by atoms with Gasteiger partial charge >= 0.3 is 0 Å². The molecule has 1 aromatic rings. The molecule has 0 fully saturated rings. The van der Waals surface area contributed by atoms with Crippen LogP contribution in [-0.2, 0) is 4.79 Å². The van der Waals surface area contributed by atoms with Crippen LogP contribution in [0.3, 0.4) is 0 Å². The lowest BCUT2D eigenvalue weighted by atomic mass is 10.1. The fraction of sp³-hybridized carbons (Fsp3) is 0.533. The van der Waals surface area contributed by atoms with Gasteiger partial charge in [0.1, 0.15) is 11.5 Å². The molecule has 5 heteroatoms. The Balaban J connectivity index is 2.47. The first-order chi connectivity index (χ1) is 9.49. The Hall–Kier alpha value is -1.75. The van der Waals surface area contributed by atoms with E-state index >= 15 is 0 Å². The van der Waals surface area contributed by atoms with Crippen molar-refractivity contribution in [3.63, 3.8) is 0 Å². The summed E-state index contributed by atoms with van der Waals surface area (Å²) < 4.78 is 0. The van der Waals surface area contributed by atoms with E-state index < -0.39 is 0 Å². The maximum atomic E-state index is 11.8. The van der Waals surface area contributed by atoms with Gasteiger partial charge in [0, 0.05) is 43.7 Å². The van der Waals surface area contributed by atoms with Crippen molar-refractivity contribution in [3.8, 4) is 11.5 Å². The Morgan fingerprint density at radius 1 is 1.30 bits per heavy atom. The van der Waals surface area contributed by atoms with Gasteiger partial charge in [-0.15, -0.1) is 0 Å². The van der Waals surface area contributed by atoms with Gasteiger partial charge in [-0.2, -0.15) is 0 Å². The molecule has 0 aliphatic heterocycles. The summed E-state index contributed by atoms with van der Waals surface area (Å²) in [7, 11) is 0. The molecule has 0 saturated heterocycles. The molecule has 0 bridgehead atoms. The fourth-order valence-electron chi connectivity index (χ4n) is 2.14. The minimum atomic E-state index is -0.0832. The van der Waals surface area contributed by atoms with Crippen LogP contribution in [0.4, 0.5) is 0 Å². The number of carbonyl (C=O) groups excluding carboxylic acids is 1. The first kappa shape index (κ1) is 16.3. The van der Waals surface area contributed by atoms with Gasteiger partial charge in [0.25, 0.3) is 0 Å². The predicted octanol–water partition coefficient (Wildman–Crippen LogP) is 2.01. The third-order valence-corrected chi connectivity index (χ3v) is 3.39. The molecule has 0 aromatic heterocycles. The van der Waals surface area contributed by atoms with Crippen LogP contribution < -0.4 is 5.32 Å². The second-order valence-electron chi connectivity index (χ2n) is 4.73. The van der Waals surface area contributed by atoms with Crippen LogP contribution in [0.5, 0.6) is 11.5 Å². The van der Waals surface area contributed by atoms with Crippen LogP contribution in [0.15, 0.2) is 18.2 Å². The van der Waals surface area contributed by atoms with Crippen LogP contribution in [0.25, 0.3) is 0 Å². The van der Waals surface area contributed by atoms with E-state index in [2.05, 4.69) is 5.32 Å². The van der Waals surface area contributed by atoms with Crippen LogP contribution in [0, 0.1) is 0 Å². The van der Waals surface area contributed by atoms with Crippen molar-refractivity contribution >= 4 is 5.91 Å². The number of hydrogen-bond acceptors (Lipinski definition) is 4. The molecule has 0 spiro atoms. The van der Waals surface area contributed by atoms with E-state index in [9.17, 15) is 15.0 Å². The number of hydrogen-bond donors (Lipinski definition) is 3. The molecular weight excluding hydrogens is 256 g/mol. The molecule has 112 valence electrons. The molecule has 0 aliphatic rings. The lowest BCUT2D eigenvalue weighted by molar-refractivity contribution is -0.130. The maximum absolute atomic E-state index is 11.8. The highest BCUT2D eigenvalue weighted by Crippen LogP contribution is 2.27. The van der Waals surface area contributed by atoms with Crippen molar-refractivity contribution < 1.29 is 15.0 Å². The molecule has 0 radical (unpaired) electrons. The molecule has 0 aliphatic carbocycles. The second kappa shape index (κ2) is 7.75. The van der Waals surface area contributed by atoms with Crippen LogP contribution in [-0.4, -0.2) is 40.7 Å². The quantitative estimate of drug-likeness (QED) is 0.714. The van der Waals surface area contributed by atoms with Crippen molar-refractivity contribution in [1.29, 1.82) is 0 Å². The number of phenols is 2. The molecule has 0 heterocycles. The summed E-state index contributed by atoms with van der Waals surface area (Å²) in [6.07, 6.45) is 0.435. The normalized spacial score (nSPS) is 12.2. The summed E-state index contributed by atoms with van der Waals surface area (Å²) >= 11 is 0. The smallest absolute Gasteiger partial charge is 0.223 e. The Labute approximate surface area is 120 Å². The van der Waals surface area contributed by atoms with Crippen LogP contribution >= 0.6 is 0 Å². The number of nitrogens with one attached hydrogen (secondary N) is 1. The molecular formula is C15H24N2O3. The van der Waals surface area contributed by atoms with Crippen molar-refractivity contribution in [3.05, 3.63) is 23.8 Å². The van der Waals surface area contributed by atoms with E-state index in [4.69, 9.17) is 0 Å². The largest absolute Gasteiger partial charge is 0.508 e. The van der Waals surface area contributed by atoms with Gasteiger partial charge in [0.2, 0.25) is 5.91 Å². The van der Waals surface area contributed by atoms with Crippen molar-refractivity contribution in [2.24, 2.45) is 0 Å². The molecule has 0 saturated carbocycles. The molecule has 3 N–H and O–H groups in total. The minimum absolute atomic E-state index is 0.0372. The molecule has 1 rings (SSSR count). The second-order valence-corrected chi connectivity index (χ2v) is 4.73. The average molecular weight is 280 g/mol. The zero-order chi connectivity index (χ0) is 15.1. The molecule has 1 amide bonds. The summed E-state index contributed by atoms with van der Waals surface area (Å²) in [6.45, 7) is 7.84. The molecule has 20 heavy (non-hydrogen) atoms. The van der Waals surface area contributed by atoms with E-state index in [-0.39, 0.29) is 23.4 Å². The van der Waals surface area contributed by atoms with E-state index in [1.54, 1.807) is 11.0 Å². The van der Waals surface area contributed by atoms with Crippen LogP contribution in [0.2, 0.25) is 0 Å². The zero-order valence-electron chi connectivity index (χ0n) is 12.4. The summed E-state index contributed by atoms with van der Waals surface area (Å²) in [6, 6.07) is 4.44. The first-order valence-electron chi connectivity index (χ1n) is 7.02. The third-order valence-electron chi connectivity index (χ3n) is 3.39. The summed E-state index contributed by atoms with van der Waals surface area (Å²) in [5, 5.41) is 22.2. The number of phenolic OH excluding ortho intramolecular Hbond substituents is 2. The topological polar surface area (TPSA) is 72.8 Å². The minimum Gasteiger partial charge on any atom is -0.508 e. The van der Waals surface area contributed by atoms with E-state index in [0.29, 0.717) is 18.5 Å². The summed E-state index contributed by atoms with van der Waals surface area (Å²) in [5.41, 5.74) is 0.707. The summed E-state index contributed by atoms with van der Waals surface area (Å²) in [5.74, 6) is 0.222. The Bertz CT molecular complexity index is 445. The van der Waals surface area contributed by atoms with E-state index in [1.165, 1.54) is 12.1 Å². The Morgan fingerprint density at radius 2 is 1.95 bits per heavy atom. The SMILES string of the molecule is CCN(CC)C(=O)CCNC(C)c1ccc(O)cc1O. The number of nitrogens with zero attached hydrogens (tertiary/aromatic N) is 1. The lowest BCUT2D eigenvalue weighted by Gasteiger charge is -2.20. The van der Waals surface area contributed by atoms with Gasteiger partial charge in [-0.1, -0.05) is 6.07 Å². The summed E-state index contributed by atoms with van der Waals surface area (Å²) in [4.78, 5) is 13.6. The number of amides is 1. The molecule has 1 aromatic carbocycles. The number of aromatic hydroxyl groups is 2. The number of benzene rings is 1. The van der Waals surface area contributed by atoms with Gasteiger partial charge in [0.05, 0.1) is 0 Å². The van der Waals surface area contributed by atoms with Gasteiger partial charge in [-0.25, -0.2) is 0 Å². The maximum Gasteiger partial charge on any atom is 0.223 e. The van der Waals surface area contributed by atoms with Crippen molar-refractivity contribution in [1.82, 2.24) is 10.2 Å². The molecule has 1 unspecified atom stereocenters. The van der Waals surface area contributed by atoms with Crippen molar-refractivity contribution in [2.75, 3.05) is 19.6 Å². The molecule has 5 nitrogen and oxygen atoms in total. The zero-order valence-corrected chi connectivity index (χ0v) is 12.4. The molecule has 1 atom stereocenters. The monoisotopic (exact) mass is 280 g/mol. The van der Waals surface area contributed by atoms with Gasteiger partial charge in [-0.05, 0) is 26.8 Å². The average Bonchev–Trinajstić information content (AvgIpc) is 2.39. The number of carbonyl (C=O) groups is 1. The van der Waals surface area contributed by atoms with Gasteiger partial charge in [-0.3, -0.25) is 4.79 Å². The fourth-order valence-corrected chi connectivity index (χ4v) is 2.14. The highest BCUT2D eigenvalue weighted by Gasteiger charge is 2.12. The predicted molar refractivity (Wildman–Crippen MR) is 78.7 cm³/mol. The van der Waals surface area contributed by atoms with E-state index in [1.807, 2.05) is 20.8 Å². The Kier molecular flexibility index (Phi) is 6.31. The van der Waals surface area contributed by atoms with Crippen molar-refractivity contribution in [2.45, 2.75) is 33.2 Å². The Morgan fingerprint density at radius 3 is 2.50 bits per heavy atom. The van der Waals surface area contributed by atoms with Crippen LogP contribution in [0.1, 0.15) is 38.8 Å². The highest BCUT2D eigenvalue weighted by molar-refractivity contribution is 5.76. The standard InChI is InChI=1S/C15H24N2O3/c1-4-17(5-2)15(20)8-9-16-11(3)13-7-6-12(18)10-14(13)19/h6-7,10-11,16,18-19H,4-5,8-9H2,1-3H3. The number of rotatable bonds is 7. The van der Waals surface area contributed by atoms with Gasteiger partial charge < -0.3 is 20.4 Å².